The van der Waals surface area contributed by atoms with Crippen LogP contribution in [0.2, 0.25) is 0 Å². The summed E-state index contributed by atoms with van der Waals surface area (Å²) in [5.41, 5.74) is 3.05. The number of likely N-dealkylation sites (tertiary alicyclic amines) is 1. The van der Waals surface area contributed by atoms with E-state index in [4.69, 9.17) is 0 Å². The average molecular weight is 547 g/mol. The summed E-state index contributed by atoms with van der Waals surface area (Å²) in [6.45, 7) is 11.3. The van der Waals surface area contributed by atoms with Gasteiger partial charge in [0.25, 0.3) is 0 Å². The molecule has 2 fully saturated rings. The Hall–Kier alpha value is -0.371. The zero-order valence-electron chi connectivity index (χ0n) is 20.9. The number of hydrogen-bond donors (Lipinski definition) is 1. The van der Waals surface area contributed by atoms with E-state index in [-0.39, 0.29) is 124 Å². The predicted molar refractivity (Wildman–Crippen MR) is 134 cm³/mol. The zero-order chi connectivity index (χ0) is 24.1. The number of hydrogen-bond acceptors (Lipinski definition) is 4. The maximum atomic E-state index is 12.1. The van der Waals surface area contributed by atoms with Crippen molar-refractivity contribution >= 4 is 23.3 Å². The van der Waals surface area contributed by atoms with Crippen LogP contribution in [0.4, 0.5) is 5.69 Å². The molecule has 2 aliphatic carbocycles. The van der Waals surface area contributed by atoms with Gasteiger partial charge in [0.15, 0.2) is 5.78 Å². The Morgan fingerprint density at radius 1 is 1.06 bits per heavy atom. The number of anilines is 1. The van der Waals surface area contributed by atoms with Crippen molar-refractivity contribution in [3.63, 3.8) is 0 Å². The molecule has 0 aromatic heterocycles. The molecule has 3 atom stereocenters. The van der Waals surface area contributed by atoms with Gasteiger partial charge in [-0.25, -0.2) is 0 Å². The maximum absolute atomic E-state index is 12.1. The van der Waals surface area contributed by atoms with Gasteiger partial charge in [0.05, 0.1) is 5.69 Å². The quantitative estimate of drug-likeness (QED) is 0.577. The molecule has 6 nitrogen and oxygen atoms in total. The molecular weight excluding hydrogens is 508 g/mol. The smallest absolute Gasteiger partial charge is 0.229 e. The van der Waals surface area contributed by atoms with Crippen molar-refractivity contribution in [2.75, 3.05) is 18.0 Å². The van der Waals surface area contributed by atoms with E-state index in [1.807, 2.05) is 49.6 Å². The number of piperidine rings is 1. The van der Waals surface area contributed by atoms with E-state index in [1.54, 1.807) is 24.3 Å². The second kappa shape index (κ2) is 13.1. The van der Waals surface area contributed by atoms with Crippen molar-refractivity contribution in [2.24, 2.45) is 23.2 Å². The SMILES string of the molecule is C.CC(C)C(=O)N1CC2C[C@]23C=CC(=O)C=C13.CC[C@@H]1CN(C(=O)C(C)C)c2cc(O)ccc21.[Ar].[Ar]. The molecule has 1 aromatic carbocycles. The second-order valence-electron chi connectivity index (χ2n) is 10.3. The summed E-state index contributed by atoms with van der Waals surface area (Å²) in [4.78, 5) is 39.2. The number of carbonyl (C=O) groups is 3. The number of amides is 2. The van der Waals surface area contributed by atoms with Crippen LogP contribution >= 0.6 is 0 Å². The van der Waals surface area contributed by atoms with Gasteiger partial charge >= 0.3 is 0 Å². The predicted octanol–water partition coefficient (Wildman–Crippen LogP) is 5.04. The van der Waals surface area contributed by atoms with Gasteiger partial charge in [-0.3, -0.25) is 14.4 Å². The third-order valence-corrected chi connectivity index (χ3v) is 7.31. The van der Waals surface area contributed by atoms with Gasteiger partial charge in [-0.1, -0.05) is 54.2 Å². The van der Waals surface area contributed by atoms with E-state index in [9.17, 15) is 19.5 Å². The Kier molecular flexibility index (Phi) is 12.3. The summed E-state index contributed by atoms with van der Waals surface area (Å²) in [7, 11) is 0. The third-order valence-electron chi connectivity index (χ3n) is 7.31. The number of fused-ring (bicyclic) bond motifs is 1. The Labute approximate surface area is 275 Å². The Bertz CT molecular complexity index is 1070. The molecule has 36 heavy (non-hydrogen) atoms. The fourth-order valence-corrected chi connectivity index (χ4v) is 5.29. The second-order valence-corrected chi connectivity index (χ2v) is 10.3. The minimum Gasteiger partial charge on any atom is -0.508 e. The first-order valence-electron chi connectivity index (χ1n) is 12.0. The number of benzene rings is 1. The standard InChI is InChI=1S/C14H19NO2.C13H15NO2.CH4.2Ar/c1-4-10-8-15(14(17)9(2)3)13-7-11(16)5-6-12(10)13;1-8(2)12(16)14-7-9-6-13(9)4-3-10(15)5-11(13)14;;;/h5-7,9-10,16H,4,8H2,1-3H3;3-5,8-9H,6-7H2,1-2H3;1H4;;/t10-;9?,13-;;;/m11.../s1. The first-order chi connectivity index (χ1) is 15.6. The molecule has 0 bridgehead atoms. The molecule has 1 unspecified atom stereocenters. The van der Waals surface area contributed by atoms with E-state index < -0.39 is 0 Å². The maximum Gasteiger partial charge on any atom is 0.229 e. The molecule has 1 spiro atoms. The molecule has 2 amide bonds. The summed E-state index contributed by atoms with van der Waals surface area (Å²) in [5.74, 6) is 1.43. The average Bonchev–Trinajstić information content (AvgIpc) is 3.19. The molecule has 0 radical (unpaired) electrons. The van der Waals surface area contributed by atoms with Crippen LogP contribution in [0.1, 0.15) is 66.4 Å². The van der Waals surface area contributed by atoms with Gasteiger partial charge in [-0.05, 0) is 36.5 Å². The number of rotatable bonds is 3. The van der Waals surface area contributed by atoms with Crippen molar-refractivity contribution in [3.8, 4) is 5.75 Å². The van der Waals surface area contributed by atoms with Crippen LogP contribution in [0.5, 0.6) is 5.75 Å². The number of allylic oxidation sites excluding steroid dienone is 3. The van der Waals surface area contributed by atoms with Crippen LogP contribution in [0.25, 0.3) is 0 Å². The Balaban J connectivity index is 0.000000333. The van der Waals surface area contributed by atoms with Crippen molar-refractivity contribution in [2.45, 2.75) is 60.8 Å². The van der Waals surface area contributed by atoms with E-state index in [0.29, 0.717) is 11.8 Å². The van der Waals surface area contributed by atoms with Crippen molar-refractivity contribution in [1.82, 2.24) is 4.90 Å². The van der Waals surface area contributed by atoms with Gasteiger partial charge in [-0.15, -0.1) is 0 Å². The summed E-state index contributed by atoms with van der Waals surface area (Å²) >= 11 is 0. The normalized spacial score (nSPS) is 24.3. The molecule has 1 saturated carbocycles. The molecule has 200 valence electrons. The van der Waals surface area contributed by atoms with Gasteiger partial charge in [0.2, 0.25) is 11.8 Å². The zero-order valence-corrected chi connectivity index (χ0v) is 22.3. The number of aromatic hydroxyl groups is 1. The number of phenolic OH excluding ortho intramolecular Hbond substituents is 1. The molecular formula is C28H38Ar2N2O4. The van der Waals surface area contributed by atoms with Gasteiger partial charge < -0.3 is 14.9 Å². The topological polar surface area (TPSA) is 77.9 Å². The molecule has 1 saturated heterocycles. The number of phenols is 1. The monoisotopic (exact) mass is 546 g/mol. The van der Waals surface area contributed by atoms with Crippen molar-refractivity contribution in [1.29, 1.82) is 0 Å². The largest absolute Gasteiger partial charge is 0.508 e. The summed E-state index contributed by atoms with van der Waals surface area (Å²) in [6, 6.07) is 5.34. The van der Waals surface area contributed by atoms with E-state index in [1.165, 1.54) is 5.56 Å². The Morgan fingerprint density at radius 3 is 2.25 bits per heavy atom. The number of carbonyl (C=O) groups excluding carboxylic acids is 3. The Morgan fingerprint density at radius 2 is 1.67 bits per heavy atom. The van der Waals surface area contributed by atoms with E-state index in [2.05, 4.69) is 6.92 Å². The first kappa shape index (κ1) is 33.7. The fourth-order valence-electron chi connectivity index (χ4n) is 5.29. The minimum absolute atomic E-state index is 0. The van der Waals surface area contributed by atoms with Crippen LogP contribution in [-0.4, -0.2) is 40.7 Å². The molecule has 1 N–H and O–H groups in total. The van der Waals surface area contributed by atoms with Crippen LogP contribution in [-0.2, 0) is 14.4 Å². The fraction of sp³-hybridized carbons (Fsp3) is 0.536. The molecule has 2 aliphatic heterocycles. The summed E-state index contributed by atoms with van der Waals surface area (Å²) in [5, 5.41) is 9.56. The van der Waals surface area contributed by atoms with Crippen LogP contribution in [0.15, 0.2) is 42.1 Å². The third kappa shape index (κ3) is 6.26. The van der Waals surface area contributed by atoms with E-state index >= 15 is 0 Å². The van der Waals surface area contributed by atoms with Crippen molar-refractivity contribution in [3.05, 3.63) is 47.7 Å². The van der Waals surface area contributed by atoms with E-state index in [0.717, 1.165) is 37.3 Å². The molecule has 5 rings (SSSR count). The van der Waals surface area contributed by atoms with Gasteiger partial charge in [-0.2, -0.15) is 0 Å². The number of ketones is 1. The molecule has 8 heteroatoms. The summed E-state index contributed by atoms with van der Waals surface area (Å²) < 4.78 is 0. The van der Waals surface area contributed by atoms with Crippen LogP contribution in [0.3, 0.4) is 0 Å². The van der Waals surface area contributed by atoms with Gasteiger partial charge in [0.1, 0.15) is 5.75 Å². The molecule has 2 heterocycles. The molecule has 1 aromatic rings. The molecule has 4 aliphatic rings. The number of nitrogens with zero attached hydrogens (tertiary/aromatic N) is 2. The first-order valence-corrected chi connectivity index (χ1v) is 12.0. The van der Waals surface area contributed by atoms with Gasteiger partial charge in [0, 0.05) is 130 Å². The van der Waals surface area contributed by atoms with Crippen LogP contribution in [0, 0.1) is 98.6 Å². The van der Waals surface area contributed by atoms with Crippen LogP contribution < -0.4 is 4.90 Å². The summed E-state index contributed by atoms with van der Waals surface area (Å²) in [6.07, 6.45) is 7.41. The minimum atomic E-state index is -0.0131. The van der Waals surface area contributed by atoms with Crippen molar-refractivity contribution < 1.29 is 95.0 Å².